The lowest BCUT2D eigenvalue weighted by atomic mass is 9.99. The summed E-state index contributed by atoms with van der Waals surface area (Å²) in [6.45, 7) is 8.15. The first-order valence-corrected chi connectivity index (χ1v) is 16.8. The summed E-state index contributed by atoms with van der Waals surface area (Å²) in [6, 6.07) is 13.2. The molecule has 1 aliphatic heterocycles. The monoisotopic (exact) mass is 630 g/mol. The second-order valence-electron chi connectivity index (χ2n) is 12.4. The van der Waals surface area contributed by atoms with E-state index in [-0.39, 0.29) is 55.1 Å². The molecule has 4 rings (SSSR count). The van der Waals surface area contributed by atoms with Crippen molar-refractivity contribution in [2.75, 3.05) is 32.8 Å². The predicted molar refractivity (Wildman–Crippen MR) is 166 cm³/mol. The molecule has 2 atom stereocenters. The molecular formula is C32H46N4O7S. The zero-order chi connectivity index (χ0) is 31.9. The number of aliphatic hydroxyl groups excluding tert-OH is 1. The van der Waals surface area contributed by atoms with Crippen LogP contribution in [0.4, 0.5) is 0 Å². The van der Waals surface area contributed by atoms with E-state index in [2.05, 4.69) is 10.7 Å². The van der Waals surface area contributed by atoms with Crippen molar-refractivity contribution >= 4 is 21.8 Å². The summed E-state index contributed by atoms with van der Waals surface area (Å²) in [4.78, 5) is 26.6. The van der Waals surface area contributed by atoms with Crippen LogP contribution < -0.4 is 20.2 Å². The number of hydrogen-bond donors (Lipinski definition) is 3. The second kappa shape index (κ2) is 15.2. The van der Waals surface area contributed by atoms with Crippen LogP contribution in [0.3, 0.4) is 0 Å². The van der Waals surface area contributed by atoms with Gasteiger partial charge in [0, 0.05) is 31.6 Å². The van der Waals surface area contributed by atoms with Gasteiger partial charge in [-0.25, -0.2) is 13.4 Å². The fraction of sp³-hybridized carbons (Fsp3) is 0.562. The normalized spacial score (nSPS) is 16.2. The number of carbonyl (C=O) groups excluding carboxylic acids is 2. The summed E-state index contributed by atoms with van der Waals surface area (Å²) in [6.07, 6.45) is 1.000. The minimum Gasteiger partial charge on any atom is -0.486 e. The average Bonchev–Trinajstić information content (AvgIpc) is 3.82. The van der Waals surface area contributed by atoms with E-state index in [0.29, 0.717) is 30.8 Å². The number of fused-ring (bicyclic) bond motifs is 1. The number of sulfonamides is 1. The number of nitrogens with one attached hydrogen (secondary N) is 2. The quantitative estimate of drug-likeness (QED) is 0.256. The van der Waals surface area contributed by atoms with E-state index in [1.165, 1.54) is 21.4 Å². The highest BCUT2D eigenvalue weighted by molar-refractivity contribution is 7.89. The van der Waals surface area contributed by atoms with E-state index in [4.69, 9.17) is 9.47 Å². The Kier molecular flexibility index (Phi) is 11.6. The van der Waals surface area contributed by atoms with Crippen LogP contribution in [0.5, 0.6) is 11.5 Å². The lowest BCUT2D eigenvalue weighted by molar-refractivity contribution is -0.148. The largest absolute Gasteiger partial charge is 0.486 e. The molecule has 0 aromatic heterocycles. The molecule has 1 saturated carbocycles. The number of aliphatic hydroxyl groups is 1. The minimum absolute atomic E-state index is 0.00552. The predicted octanol–water partition coefficient (Wildman–Crippen LogP) is 2.73. The molecule has 2 amide bonds. The molecule has 2 aromatic carbocycles. The maximum atomic E-state index is 14.0. The van der Waals surface area contributed by atoms with Crippen molar-refractivity contribution in [2.45, 2.75) is 76.5 Å². The van der Waals surface area contributed by atoms with Gasteiger partial charge in [0.25, 0.3) is 5.91 Å². The van der Waals surface area contributed by atoms with Gasteiger partial charge in [-0.15, -0.1) is 0 Å². The molecule has 3 N–H and O–H groups in total. The van der Waals surface area contributed by atoms with E-state index in [0.717, 1.165) is 18.4 Å². The number of amides is 2. The molecule has 0 radical (unpaired) electrons. The first-order chi connectivity index (χ1) is 20.9. The van der Waals surface area contributed by atoms with Crippen LogP contribution in [0.15, 0.2) is 53.4 Å². The number of hydrazine groups is 1. The Bertz CT molecular complexity index is 1370. The minimum atomic E-state index is -4.09. The van der Waals surface area contributed by atoms with Crippen LogP contribution in [0.25, 0.3) is 0 Å². The number of benzene rings is 2. The SMILES string of the molecule is CC(C)CC(=O)N(NC(=O)CNC1CC1)C(Cc1ccccc1)[C@H](O)CN(CC(C)C)S(=O)(=O)c1ccc2c(c1)OCCO2. The molecule has 2 aliphatic rings. The van der Waals surface area contributed by atoms with Gasteiger partial charge in [-0.3, -0.25) is 15.0 Å². The van der Waals surface area contributed by atoms with Crippen LogP contribution >= 0.6 is 0 Å². The molecule has 11 nitrogen and oxygen atoms in total. The number of nitrogens with zero attached hydrogens (tertiary/aromatic N) is 2. The third kappa shape index (κ3) is 9.40. The van der Waals surface area contributed by atoms with E-state index < -0.39 is 28.1 Å². The molecule has 1 heterocycles. The lowest BCUT2D eigenvalue weighted by Crippen LogP contribution is -2.60. The highest BCUT2D eigenvalue weighted by atomic mass is 32.2. The van der Waals surface area contributed by atoms with E-state index in [1.54, 1.807) is 6.07 Å². The van der Waals surface area contributed by atoms with Crippen LogP contribution in [0.2, 0.25) is 0 Å². The van der Waals surface area contributed by atoms with E-state index >= 15 is 0 Å². The molecule has 12 heteroatoms. The lowest BCUT2D eigenvalue weighted by Gasteiger charge is -2.37. The van der Waals surface area contributed by atoms with Crippen LogP contribution in [-0.4, -0.2) is 85.7 Å². The van der Waals surface area contributed by atoms with E-state index in [1.807, 2.05) is 58.0 Å². The third-order valence-electron chi connectivity index (χ3n) is 7.40. The smallest absolute Gasteiger partial charge is 0.252 e. The molecule has 2 aromatic rings. The number of ether oxygens (including phenoxy) is 2. The second-order valence-corrected chi connectivity index (χ2v) is 14.3. The van der Waals surface area contributed by atoms with Gasteiger partial charge in [0.05, 0.1) is 23.6 Å². The van der Waals surface area contributed by atoms with Gasteiger partial charge < -0.3 is 19.9 Å². The topological polar surface area (TPSA) is 138 Å². The van der Waals surface area contributed by atoms with Crippen LogP contribution in [0, 0.1) is 11.8 Å². The van der Waals surface area contributed by atoms with Crippen molar-refractivity contribution in [3.05, 3.63) is 54.1 Å². The molecule has 44 heavy (non-hydrogen) atoms. The van der Waals surface area contributed by atoms with Gasteiger partial charge in [-0.2, -0.15) is 4.31 Å². The van der Waals surface area contributed by atoms with Crippen LogP contribution in [0.1, 0.15) is 52.5 Å². The molecule has 0 bridgehead atoms. The van der Waals surface area contributed by atoms with Gasteiger partial charge in [0.15, 0.2) is 11.5 Å². The van der Waals surface area contributed by atoms with Crippen LogP contribution in [-0.2, 0) is 26.0 Å². The highest BCUT2D eigenvalue weighted by Crippen LogP contribution is 2.33. The van der Waals surface area contributed by atoms with Crippen molar-refractivity contribution < 1.29 is 32.6 Å². The van der Waals surface area contributed by atoms with Gasteiger partial charge in [-0.1, -0.05) is 58.0 Å². The Morgan fingerprint density at radius 1 is 0.955 bits per heavy atom. The first kappa shape index (κ1) is 33.7. The number of rotatable bonds is 15. The first-order valence-electron chi connectivity index (χ1n) is 15.4. The summed E-state index contributed by atoms with van der Waals surface area (Å²) >= 11 is 0. The molecule has 1 aliphatic carbocycles. The molecule has 242 valence electrons. The summed E-state index contributed by atoms with van der Waals surface area (Å²) in [5, 5.41) is 16.2. The van der Waals surface area contributed by atoms with Gasteiger partial charge in [-0.05, 0) is 48.8 Å². The highest BCUT2D eigenvalue weighted by Gasteiger charge is 2.36. The molecule has 1 fully saturated rings. The number of hydrogen-bond acceptors (Lipinski definition) is 8. The van der Waals surface area contributed by atoms with Gasteiger partial charge in [0.2, 0.25) is 15.9 Å². The van der Waals surface area contributed by atoms with Crippen molar-refractivity contribution in [1.29, 1.82) is 0 Å². The summed E-state index contributed by atoms with van der Waals surface area (Å²) in [5.74, 6) is -0.00757. The summed E-state index contributed by atoms with van der Waals surface area (Å²) in [5.41, 5.74) is 3.58. The Hall–Kier alpha value is -3.19. The number of carbonyl (C=O) groups is 2. The van der Waals surface area contributed by atoms with Crippen molar-refractivity contribution in [1.82, 2.24) is 20.1 Å². The average molecular weight is 631 g/mol. The van der Waals surface area contributed by atoms with Gasteiger partial charge >= 0.3 is 0 Å². The third-order valence-corrected chi connectivity index (χ3v) is 9.23. The Morgan fingerprint density at radius 3 is 2.27 bits per heavy atom. The van der Waals surface area contributed by atoms with E-state index in [9.17, 15) is 23.1 Å². The molecular weight excluding hydrogens is 584 g/mol. The molecule has 1 unspecified atom stereocenters. The van der Waals surface area contributed by atoms with Crippen molar-refractivity contribution in [3.8, 4) is 11.5 Å². The maximum absolute atomic E-state index is 14.0. The summed E-state index contributed by atoms with van der Waals surface area (Å²) in [7, 11) is -4.09. The standard InChI is InChI=1S/C32H46N4O7S/c1-22(2)16-32(39)36(34-31(38)19-33-25-10-11-25)27(17-24-8-6-5-7-9-24)28(37)21-35(20-23(3)4)44(40,41)26-12-13-29-30(18-26)43-15-14-42-29/h5-9,12-13,18,22-23,25,27-28,33,37H,10-11,14-17,19-21H2,1-4H3,(H,34,38)/t27?,28-/m1/s1. The summed E-state index contributed by atoms with van der Waals surface area (Å²) < 4.78 is 40.5. The van der Waals surface area contributed by atoms with Crippen molar-refractivity contribution in [2.24, 2.45) is 11.8 Å². The fourth-order valence-electron chi connectivity index (χ4n) is 5.07. The molecule has 0 saturated heterocycles. The maximum Gasteiger partial charge on any atom is 0.252 e. The Balaban J connectivity index is 1.65. The zero-order valence-corrected chi connectivity index (χ0v) is 26.9. The fourth-order valence-corrected chi connectivity index (χ4v) is 6.71. The Labute approximate surface area is 260 Å². The Morgan fingerprint density at radius 2 is 1.64 bits per heavy atom. The molecule has 0 spiro atoms. The van der Waals surface area contributed by atoms with Gasteiger partial charge in [0.1, 0.15) is 13.2 Å². The van der Waals surface area contributed by atoms with Crippen molar-refractivity contribution in [3.63, 3.8) is 0 Å². The zero-order valence-electron chi connectivity index (χ0n) is 26.1.